The molecule has 21 heavy (non-hydrogen) atoms. The van der Waals surface area contributed by atoms with Crippen LogP contribution in [0.4, 0.5) is 4.39 Å². The minimum absolute atomic E-state index is 0.0981. The molecule has 4 heteroatoms. The smallest absolute Gasteiger partial charge is 0.142 e. The molecule has 0 aliphatic rings. The fourth-order valence-electron chi connectivity index (χ4n) is 2.19. The SMILES string of the molecule is COc1ccc(CCC(O)Cc2cccc(F)c2Cl)cc1. The standard InChI is InChI=1S/C17H18ClFO2/c1-21-15-9-6-12(7-10-15)5-8-14(20)11-13-3-2-4-16(19)17(13)18/h2-4,6-7,9-10,14,20H,5,8,11H2,1H3. The first kappa shape index (κ1) is 15.8. The Hall–Kier alpha value is -1.58. The number of aliphatic hydroxyl groups is 1. The summed E-state index contributed by atoms with van der Waals surface area (Å²) in [5.74, 6) is 0.363. The molecule has 1 unspecified atom stereocenters. The van der Waals surface area contributed by atoms with Crippen molar-refractivity contribution in [2.75, 3.05) is 7.11 Å². The lowest BCUT2D eigenvalue weighted by atomic mass is 10.0. The van der Waals surface area contributed by atoms with E-state index in [1.807, 2.05) is 24.3 Å². The molecule has 112 valence electrons. The first-order valence-electron chi connectivity index (χ1n) is 6.84. The molecule has 1 N–H and O–H groups in total. The Morgan fingerprint density at radius 1 is 1.19 bits per heavy atom. The number of methoxy groups -OCH3 is 1. The highest BCUT2D eigenvalue weighted by Gasteiger charge is 2.11. The van der Waals surface area contributed by atoms with Gasteiger partial charge in [-0.25, -0.2) is 4.39 Å². The zero-order valence-corrected chi connectivity index (χ0v) is 12.6. The van der Waals surface area contributed by atoms with Crippen molar-refractivity contribution in [1.82, 2.24) is 0 Å². The van der Waals surface area contributed by atoms with Crippen LogP contribution in [0.25, 0.3) is 0 Å². The minimum Gasteiger partial charge on any atom is -0.497 e. The van der Waals surface area contributed by atoms with Crippen LogP contribution >= 0.6 is 11.6 Å². The molecular weight excluding hydrogens is 291 g/mol. The average molecular weight is 309 g/mol. The maximum absolute atomic E-state index is 13.3. The average Bonchev–Trinajstić information content (AvgIpc) is 2.50. The van der Waals surface area contributed by atoms with E-state index in [0.29, 0.717) is 18.4 Å². The lowest BCUT2D eigenvalue weighted by Gasteiger charge is -2.12. The molecule has 0 aliphatic carbocycles. The summed E-state index contributed by atoms with van der Waals surface area (Å²) >= 11 is 5.89. The van der Waals surface area contributed by atoms with E-state index >= 15 is 0 Å². The van der Waals surface area contributed by atoms with Gasteiger partial charge in [0.25, 0.3) is 0 Å². The number of ether oxygens (including phenoxy) is 1. The molecule has 0 amide bonds. The molecule has 0 saturated heterocycles. The number of hydrogen-bond acceptors (Lipinski definition) is 2. The van der Waals surface area contributed by atoms with Crippen LogP contribution in [-0.4, -0.2) is 18.3 Å². The molecule has 2 nitrogen and oxygen atoms in total. The van der Waals surface area contributed by atoms with Gasteiger partial charge in [-0.15, -0.1) is 0 Å². The van der Waals surface area contributed by atoms with E-state index in [0.717, 1.165) is 17.7 Å². The predicted octanol–water partition coefficient (Wildman–Crippen LogP) is 4.02. The third-order valence-electron chi connectivity index (χ3n) is 3.41. The van der Waals surface area contributed by atoms with Gasteiger partial charge in [-0.1, -0.05) is 35.9 Å². The fraction of sp³-hybridized carbons (Fsp3) is 0.294. The second-order valence-corrected chi connectivity index (χ2v) is 5.34. The van der Waals surface area contributed by atoms with Crippen LogP contribution in [0.15, 0.2) is 42.5 Å². The van der Waals surface area contributed by atoms with Gasteiger partial charge in [0, 0.05) is 0 Å². The molecule has 0 saturated carbocycles. The van der Waals surface area contributed by atoms with Crippen molar-refractivity contribution >= 4 is 11.6 Å². The summed E-state index contributed by atoms with van der Waals surface area (Å²) in [7, 11) is 1.63. The molecule has 2 aromatic carbocycles. The van der Waals surface area contributed by atoms with Gasteiger partial charge in [-0.2, -0.15) is 0 Å². The maximum atomic E-state index is 13.3. The van der Waals surface area contributed by atoms with Crippen molar-refractivity contribution in [3.8, 4) is 5.75 Å². The Balaban J connectivity index is 1.89. The van der Waals surface area contributed by atoms with Gasteiger partial charge in [0.2, 0.25) is 0 Å². The van der Waals surface area contributed by atoms with Crippen molar-refractivity contribution in [1.29, 1.82) is 0 Å². The molecule has 0 heterocycles. The van der Waals surface area contributed by atoms with Crippen molar-refractivity contribution in [2.24, 2.45) is 0 Å². The fourth-order valence-corrected chi connectivity index (χ4v) is 2.39. The van der Waals surface area contributed by atoms with E-state index < -0.39 is 11.9 Å². The molecule has 2 rings (SSSR count). The predicted molar refractivity (Wildman–Crippen MR) is 82.4 cm³/mol. The largest absolute Gasteiger partial charge is 0.497 e. The van der Waals surface area contributed by atoms with E-state index in [9.17, 15) is 9.50 Å². The van der Waals surface area contributed by atoms with Gasteiger partial charge in [-0.3, -0.25) is 0 Å². The van der Waals surface area contributed by atoms with Crippen LogP contribution in [0, 0.1) is 5.82 Å². The summed E-state index contributed by atoms with van der Waals surface area (Å²) in [6.07, 6.45) is 1.15. The molecule has 0 fully saturated rings. The van der Waals surface area contributed by atoms with Crippen LogP contribution in [0.3, 0.4) is 0 Å². The molecule has 0 aromatic heterocycles. The zero-order valence-electron chi connectivity index (χ0n) is 11.9. The Labute approximate surface area is 129 Å². The van der Waals surface area contributed by atoms with E-state index in [-0.39, 0.29) is 5.02 Å². The monoisotopic (exact) mass is 308 g/mol. The Morgan fingerprint density at radius 3 is 2.57 bits per heavy atom. The van der Waals surface area contributed by atoms with Gasteiger partial charge in [-0.05, 0) is 48.6 Å². The normalized spacial score (nSPS) is 12.2. The second kappa shape index (κ2) is 7.43. The quantitative estimate of drug-likeness (QED) is 0.873. The van der Waals surface area contributed by atoms with Gasteiger partial charge in [0.15, 0.2) is 0 Å². The number of aliphatic hydroxyl groups excluding tert-OH is 1. The topological polar surface area (TPSA) is 29.5 Å². The molecule has 0 aliphatic heterocycles. The first-order valence-corrected chi connectivity index (χ1v) is 7.22. The van der Waals surface area contributed by atoms with Gasteiger partial charge in [0.05, 0.1) is 18.2 Å². The lowest BCUT2D eigenvalue weighted by Crippen LogP contribution is -2.12. The van der Waals surface area contributed by atoms with Crippen molar-refractivity contribution in [3.05, 3.63) is 64.4 Å². The summed E-state index contributed by atoms with van der Waals surface area (Å²) < 4.78 is 18.4. The van der Waals surface area contributed by atoms with Crippen molar-refractivity contribution < 1.29 is 14.2 Å². The van der Waals surface area contributed by atoms with Crippen molar-refractivity contribution in [2.45, 2.75) is 25.4 Å². The molecule has 1 atom stereocenters. The lowest BCUT2D eigenvalue weighted by molar-refractivity contribution is 0.165. The van der Waals surface area contributed by atoms with Gasteiger partial charge in [0.1, 0.15) is 11.6 Å². The summed E-state index contributed by atoms with van der Waals surface area (Å²) in [6.45, 7) is 0. The third-order valence-corrected chi connectivity index (χ3v) is 3.84. The maximum Gasteiger partial charge on any atom is 0.142 e. The summed E-state index contributed by atoms with van der Waals surface area (Å²) in [5, 5.41) is 10.2. The number of benzene rings is 2. The summed E-state index contributed by atoms with van der Waals surface area (Å²) in [4.78, 5) is 0. The zero-order chi connectivity index (χ0) is 15.2. The van der Waals surface area contributed by atoms with Crippen LogP contribution in [0.5, 0.6) is 5.75 Å². The molecule has 0 spiro atoms. The number of halogens is 2. The van der Waals surface area contributed by atoms with Crippen LogP contribution in [0.1, 0.15) is 17.5 Å². The van der Waals surface area contributed by atoms with Gasteiger partial charge >= 0.3 is 0 Å². The number of rotatable bonds is 6. The second-order valence-electron chi connectivity index (χ2n) is 4.96. The molecular formula is C17H18ClFO2. The van der Waals surface area contributed by atoms with Crippen LogP contribution < -0.4 is 4.74 Å². The number of aryl methyl sites for hydroxylation is 1. The Morgan fingerprint density at radius 2 is 1.90 bits per heavy atom. The van der Waals surface area contributed by atoms with Crippen molar-refractivity contribution in [3.63, 3.8) is 0 Å². The molecule has 0 bridgehead atoms. The molecule has 2 aromatic rings. The Kier molecular flexibility index (Phi) is 5.59. The van der Waals surface area contributed by atoms with E-state index in [4.69, 9.17) is 16.3 Å². The highest BCUT2D eigenvalue weighted by atomic mass is 35.5. The highest BCUT2D eigenvalue weighted by Crippen LogP contribution is 2.22. The first-order chi connectivity index (χ1) is 10.1. The minimum atomic E-state index is -0.550. The third kappa shape index (κ3) is 4.45. The molecule has 0 radical (unpaired) electrons. The van der Waals surface area contributed by atoms with E-state index in [1.165, 1.54) is 6.07 Å². The van der Waals surface area contributed by atoms with Gasteiger partial charge < -0.3 is 9.84 Å². The summed E-state index contributed by atoms with van der Waals surface area (Å²) in [5.41, 5.74) is 1.76. The van der Waals surface area contributed by atoms with E-state index in [1.54, 1.807) is 19.2 Å². The Bertz CT molecular complexity index is 584. The highest BCUT2D eigenvalue weighted by molar-refractivity contribution is 6.31. The number of hydrogen-bond donors (Lipinski definition) is 1. The van der Waals surface area contributed by atoms with E-state index in [2.05, 4.69) is 0 Å². The summed E-state index contributed by atoms with van der Waals surface area (Å²) in [6, 6.07) is 12.4. The van der Waals surface area contributed by atoms with Crippen LogP contribution in [0.2, 0.25) is 5.02 Å². The van der Waals surface area contributed by atoms with Crippen LogP contribution in [-0.2, 0) is 12.8 Å².